The Morgan fingerprint density at radius 3 is 2.73 bits per heavy atom. The fourth-order valence-electron chi connectivity index (χ4n) is 1.35. The normalized spacial score (nSPS) is 11.5. The number of amides is 1. The number of aromatic nitrogens is 1. The molecular formula is C11H19N3O. The van der Waals surface area contributed by atoms with Crippen molar-refractivity contribution in [3.63, 3.8) is 0 Å². The zero-order chi connectivity index (χ0) is 11.5. The molecule has 4 nitrogen and oxygen atoms in total. The van der Waals surface area contributed by atoms with E-state index in [1.165, 1.54) is 0 Å². The van der Waals surface area contributed by atoms with Crippen molar-refractivity contribution in [3.05, 3.63) is 24.0 Å². The van der Waals surface area contributed by atoms with Crippen LogP contribution in [-0.4, -0.2) is 16.0 Å². The van der Waals surface area contributed by atoms with Crippen LogP contribution < -0.4 is 11.1 Å². The second-order valence-corrected chi connectivity index (χ2v) is 4.55. The maximum atomic E-state index is 11.5. The molecule has 0 radical (unpaired) electrons. The Hall–Kier alpha value is -1.29. The third-order valence-electron chi connectivity index (χ3n) is 2.13. The van der Waals surface area contributed by atoms with Gasteiger partial charge in [-0.25, -0.2) is 0 Å². The quantitative estimate of drug-likeness (QED) is 0.769. The van der Waals surface area contributed by atoms with Gasteiger partial charge in [0.1, 0.15) is 0 Å². The molecule has 0 aliphatic heterocycles. The first-order valence-electron chi connectivity index (χ1n) is 5.04. The van der Waals surface area contributed by atoms with Gasteiger partial charge < -0.3 is 15.6 Å². The van der Waals surface area contributed by atoms with Gasteiger partial charge in [0.2, 0.25) is 5.91 Å². The van der Waals surface area contributed by atoms with E-state index >= 15 is 0 Å². The Bertz CT molecular complexity index is 336. The van der Waals surface area contributed by atoms with E-state index in [9.17, 15) is 4.79 Å². The van der Waals surface area contributed by atoms with Gasteiger partial charge in [0.05, 0.1) is 6.54 Å². The Balaban J connectivity index is 2.38. The van der Waals surface area contributed by atoms with E-state index in [2.05, 4.69) is 5.32 Å². The number of hydrogen-bond acceptors (Lipinski definition) is 2. The maximum absolute atomic E-state index is 11.5. The van der Waals surface area contributed by atoms with Crippen molar-refractivity contribution in [2.24, 2.45) is 12.8 Å². The standard InChI is InChI=1S/C11H19N3O/c1-11(2,12)7-10(15)13-8-9-5-4-6-14(9)3/h4-6H,7-8,12H2,1-3H3,(H,13,15). The number of aryl methyl sites for hydroxylation is 1. The zero-order valence-corrected chi connectivity index (χ0v) is 9.58. The van der Waals surface area contributed by atoms with Crippen LogP contribution in [0.4, 0.5) is 0 Å². The van der Waals surface area contributed by atoms with Crippen molar-refractivity contribution in [1.29, 1.82) is 0 Å². The highest BCUT2D eigenvalue weighted by Gasteiger charge is 2.15. The number of carbonyl (C=O) groups excluding carboxylic acids is 1. The molecule has 1 aromatic heterocycles. The predicted octanol–water partition coefficient (Wildman–Crippen LogP) is 0.769. The fourth-order valence-corrected chi connectivity index (χ4v) is 1.35. The van der Waals surface area contributed by atoms with Gasteiger partial charge in [0, 0.05) is 30.9 Å². The maximum Gasteiger partial charge on any atom is 0.222 e. The number of hydrogen-bond donors (Lipinski definition) is 2. The smallest absolute Gasteiger partial charge is 0.222 e. The fraction of sp³-hybridized carbons (Fsp3) is 0.545. The summed E-state index contributed by atoms with van der Waals surface area (Å²) in [7, 11) is 1.95. The van der Waals surface area contributed by atoms with Gasteiger partial charge in [-0.15, -0.1) is 0 Å². The molecule has 0 atom stereocenters. The van der Waals surface area contributed by atoms with Crippen molar-refractivity contribution in [2.75, 3.05) is 0 Å². The lowest BCUT2D eigenvalue weighted by Crippen LogP contribution is -2.39. The molecule has 0 aliphatic rings. The molecule has 0 aliphatic carbocycles. The Morgan fingerprint density at radius 2 is 2.27 bits per heavy atom. The molecule has 1 heterocycles. The summed E-state index contributed by atoms with van der Waals surface area (Å²) >= 11 is 0. The van der Waals surface area contributed by atoms with Crippen LogP contribution in [0.1, 0.15) is 26.0 Å². The van der Waals surface area contributed by atoms with Crippen molar-refractivity contribution in [3.8, 4) is 0 Å². The highest BCUT2D eigenvalue weighted by Crippen LogP contribution is 2.04. The summed E-state index contributed by atoms with van der Waals surface area (Å²) in [6.07, 6.45) is 2.30. The number of nitrogens with zero attached hydrogens (tertiary/aromatic N) is 1. The molecule has 1 aromatic rings. The van der Waals surface area contributed by atoms with Crippen LogP contribution >= 0.6 is 0 Å². The molecule has 3 N–H and O–H groups in total. The molecule has 0 spiro atoms. The first-order chi connectivity index (χ1) is 6.88. The van der Waals surface area contributed by atoms with Crippen LogP contribution in [0.2, 0.25) is 0 Å². The number of nitrogens with one attached hydrogen (secondary N) is 1. The van der Waals surface area contributed by atoms with Gasteiger partial charge in [-0.1, -0.05) is 0 Å². The molecule has 1 rings (SSSR count). The van der Waals surface area contributed by atoms with Crippen LogP contribution in [0, 0.1) is 0 Å². The van der Waals surface area contributed by atoms with Crippen molar-refractivity contribution in [1.82, 2.24) is 9.88 Å². The molecule has 0 bridgehead atoms. The number of rotatable bonds is 4. The topological polar surface area (TPSA) is 60.0 Å². The van der Waals surface area contributed by atoms with Crippen LogP contribution in [0.5, 0.6) is 0 Å². The Labute approximate surface area is 90.5 Å². The molecule has 84 valence electrons. The SMILES string of the molecule is Cn1cccc1CNC(=O)CC(C)(C)N. The molecule has 0 fully saturated rings. The lowest BCUT2D eigenvalue weighted by molar-refractivity contribution is -0.122. The van der Waals surface area contributed by atoms with Crippen LogP contribution in [0.3, 0.4) is 0 Å². The van der Waals surface area contributed by atoms with E-state index in [1.54, 1.807) is 0 Å². The molecule has 4 heteroatoms. The first kappa shape index (κ1) is 11.8. The van der Waals surface area contributed by atoms with Gasteiger partial charge >= 0.3 is 0 Å². The van der Waals surface area contributed by atoms with Crippen molar-refractivity contribution < 1.29 is 4.79 Å². The summed E-state index contributed by atoms with van der Waals surface area (Å²) in [6.45, 7) is 4.24. The molecule has 15 heavy (non-hydrogen) atoms. The third kappa shape index (κ3) is 4.16. The van der Waals surface area contributed by atoms with Gasteiger partial charge in [-0.2, -0.15) is 0 Å². The van der Waals surface area contributed by atoms with Crippen molar-refractivity contribution in [2.45, 2.75) is 32.4 Å². The third-order valence-corrected chi connectivity index (χ3v) is 2.13. The van der Waals surface area contributed by atoms with Gasteiger partial charge in [0.25, 0.3) is 0 Å². The van der Waals surface area contributed by atoms with E-state index in [4.69, 9.17) is 5.73 Å². The second kappa shape index (κ2) is 4.49. The average Bonchev–Trinajstić information content (AvgIpc) is 2.44. The van der Waals surface area contributed by atoms with E-state index < -0.39 is 5.54 Å². The monoisotopic (exact) mass is 209 g/mol. The van der Waals surface area contributed by atoms with E-state index in [-0.39, 0.29) is 5.91 Å². The molecule has 0 aromatic carbocycles. The molecule has 0 saturated heterocycles. The number of carbonyl (C=O) groups is 1. The largest absolute Gasteiger partial charge is 0.353 e. The molecule has 0 unspecified atom stereocenters. The second-order valence-electron chi connectivity index (χ2n) is 4.55. The predicted molar refractivity (Wildman–Crippen MR) is 60.1 cm³/mol. The molecular weight excluding hydrogens is 190 g/mol. The summed E-state index contributed by atoms with van der Waals surface area (Å²) in [5, 5.41) is 2.84. The summed E-state index contributed by atoms with van der Waals surface area (Å²) in [6, 6.07) is 3.93. The first-order valence-corrected chi connectivity index (χ1v) is 5.04. The lowest BCUT2D eigenvalue weighted by atomic mass is 10.0. The van der Waals surface area contributed by atoms with Crippen LogP contribution in [0.15, 0.2) is 18.3 Å². The molecule has 1 amide bonds. The minimum atomic E-state index is -0.446. The summed E-state index contributed by atoms with van der Waals surface area (Å²) in [5.41, 5.74) is 6.38. The van der Waals surface area contributed by atoms with E-state index in [0.717, 1.165) is 5.69 Å². The van der Waals surface area contributed by atoms with Crippen LogP contribution in [0.25, 0.3) is 0 Å². The molecule has 0 saturated carbocycles. The van der Waals surface area contributed by atoms with Crippen LogP contribution in [-0.2, 0) is 18.4 Å². The minimum Gasteiger partial charge on any atom is -0.353 e. The van der Waals surface area contributed by atoms with E-state index in [0.29, 0.717) is 13.0 Å². The van der Waals surface area contributed by atoms with Gasteiger partial charge in [-0.05, 0) is 26.0 Å². The Kier molecular flexibility index (Phi) is 3.52. The minimum absolute atomic E-state index is 0.0105. The van der Waals surface area contributed by atoms with E-state index in [1.807, 2.05) is 43.8 Å². The average molecular weight is 209 g/mol. The summed E-state index contributed by atoms with van der Waals surface area (Å²) in [5.74, 6) is -0.0105. The lowest BCUT2D eigenvalue weighted by Gasteiger charge is -2.17. The summed E-state index contributed by atoms with van der Waals surface area (Å²) < 4.78 is 1.98. The highest BCUT2D eigenvalue weighted by molar-refractivity contribution is 5.76. The Morgan fingerprint density at radius 1 is 1.60 bits per heavy atom. The number of nitrogens with two attached hydrogens (primary N) is 1. The highest BCUT2D eigenvalue weighted by atomic mass is 16.1. The van der Waals surface area contributed by atoms with Crippen molar-refractivity contribution >= 4 is 5.91 Å². The zero-order valence-electron chi connectivity index (χ0n) is 9.58. The summed E-state index contributed by atoms with van der Waals surface area (Å²) in [4.78, 5) is 11.5. The van der Waals surface area contributed by atoms with Gasteiger partial charge in [-0.3, -0.25) is 4.79 Å². The van der Waals surface area contributed by atoms with Gasteiger partial charge in [0.15, 0.2) is 0 Å².